The average molecular weight is 600 g/mol. The highest BCUT2D eigenvalue weighted by atomic mass is 28.4. The van der Waals surface area contributed by atoms with Gasteiger partial charge >= 0.3 is 8.56 Å². The van der Waals surface area contributed by atoms with Crippen LogP contribution in [0, 0.1) is 5.41 Å². The first-order chi connectivity index (χ1) is 19.8. The average Bonchev–Trinajstić information content (AvgIpc) is 2.93. The normalized spacial score (nSPS) is 12.9. The summed E-state index contributed by atoms with van der Waals surface area (Å²) in [5.74, 6) is 0. The maximum Gasteiger partial charge on any atom is 0.334 e. The molecule has 0 unspecified atom stereocenters. The Kier molecular flexibility index (Phi) is 26.4. The molecule has 0 aliphatic rings. The minimum Gasteiger partial charge on any atom is -0.395 e. The zero-order chi connectivity index (χ0) is 30.8. The van der Waals surface area contributed by atoms with E-state index in [0.717, 1.165) is 19.3 Å². The predicted octanol–water partition coefficient (Wildman–Crippen LogP) is 9.21. The maximum atomic E-state index is 6.38. The Hall–Kier alpha value is 0.0169. The van der Waals surface area contributed by atoms with E-state index in [1.807, 2.05) is 0 Å². The molecule has 0 aromatic carbocycles. The zero-order valence-electron chi connectivity index (χ0n) is 29.8. The number of rotatable bonds is 31. The summed E-state index contributed by atoms with van der Waals surface area (Å²) in [6.07, 6.45) is 16.8. The quantitative estimate of drug-likeness (QED) is 0.0741. The summed E-state index contributed by atoms with van der Waals surface area (Å²) in [5.41, 5.74) is 0.390. The lowest BCUT2D eigenvalue weighted by Crippen LogP contribution is -2.41. The van der Waals surface area contributed by atoms with Crippen molar-refractivity contribution >= 4 is 8.56 Å². The monoisotopic (exact) mass is 600 g/mol. The highest BCUT2D eigenvalue weighted by Crippen LogP contribution is 2.42. The first-order valence-corrected chi connectivity index (χ1v) is 20.8. The van der Waals surface area contributed by atoms with Crippen LogP contribution in [0.25, 0.3) is 0 Å². The lowest BCUT2D eigenvalue weighted by molar-refractivity contribution is 0.139. The zero-order valence-corrected chi connectivity index (χ0v) is 30.8. The molecule has 0 spiro atoms. The molecule has 0 amide bonds. The van der Waals surface area contributed by atoms with Crippen molar-refractivity contribution in [1.82, 2.24) is 14.7 Å². The number of hydrogen-bond donors (Lipinski definition) is 0. The smallest absolute Gasteiger partial charge is 0.334 e. The van der Waals surface area contributed by atoms with Crippen LogP contribution in [0.15, 0.2) is 0 Å². The van der Waals surface area contributed by atoms with Gasteiger partial charge in [0.25, 0.3) is 0 Å². The van der Waals surface area contributed by atoms with Gasteiger partial charge in [-0.3, -0.25) is 0 Å². The van der Waals surface area contributed by atoms with Crippen molar-refractivity contribution in [2.45, 2.75) is 151 Å². The number of hydrogen-bond acceptors (Lipinski definition) is 5. The molecule has 0 N–H and O–H groups in total. The fourth-order valence-corrected chi connectivity index (χ4v) is 9.55. The Morgan fingerprint density at radius 2 is 0.732 bits per heavy atom. The van der Waals surface area contributed by atoms with Crippen LogP contribution in [0.2, 0.25) is 12.6 Å². The van der Waals surface area contributed by atoms with Crippen LogP contribution in [-0.2, 0) is 8.85 Å². The van der Waals surface area contributed by atoms with E-state index < -0.39 is 8.56 Å². The minimum atomic E-state index is -2.15. The molecule has 0 aliphatic heterocycles. The highest BCUT2D eigenvalue weighted by molar-refractivity contribution is 6.66. The molecule has 0 saturated heterocycles. The van der Waals surface area contributed by atoms with Crippen LogP contribution in [0.5, 0.6) is 0 Å². The van der Waals surface area contributed by atoms with Gasteiger partial charge in [0.05, 0.1) is 0 Å². The summed E-state index contributed by atoms with van der Waals surface area (Å²) >= 11 is 0. The standard InChI is InChI=1S/C35H77N3O2Si/c1-10-25-36(26-11-2)31-18-21-35(22-19-32-37(27-12-3)28-13-4,23-20-33-38(29-14-5)30-15-6)24-34-41(9,39-16-7)40-17-8/h10-34H2,1-9H3. The van der Waals surface area contributed by atoms with Gasteiger partial charge in [0.1, 0.15) is 0 Å². The molecule has 0 aromatic rings. The van der Waals surface area contributed by atoms with Crippen molar-refractivity contribution in [1.29, 1.82) is 0 Å². The summed E-state index contributed by atoms with van der Waals surface area (Å²) in [6, 6.07) is 1.13. The Labute approximate surface area is 260 Å². The van der Waals surface area contributed by atoms with Gasteiger partial charge < -0.3 is 23.6 Å². The van der Waals surface area contributed by atoms with Gasteiger partial charge in [-0.15, -0.1) is 0 Å². The van der Waals surface area contributed by atoms with Gasteiger partial charge in [-0.25, -0.2) is 0 Å². The third kappa shape index (κ3) is 19.8. The molecule has 0 saturated carbocycles. The van der Waals surface area contributed by atoms with Gasteiger partial charge in [-0.1, -0.05) is 41.5 Å². The molecule has 5 nitrogen and oxygen atoms in total. The minimum absolute atomic E-state index is 0.390. The van der Waals surface area contributed by atoms with E-state index in [4.69, 9.17) is 8.85 Å². The molecule has 0 radical (unpaired) electrons. The van der Waals surface area contributed by atoms with E-state index in [0.29, 0.717) is 5.41 Å². The van der Waals surface area contributed by atoms with E-state index in [9.17, 15) is 0 Å². The maximum absolute atomic E-state index is 6.38. The fraction of sp³-hybridized carbons (Fsp3) is 1.00. The molecule has 0 fully saturated rings. The van der Waals surface area contributed by atoms with Crippen molar-refractivity contribution in [3.63, 3.8) is 0 Å². The van der Waals surface area contributed by atoms with E-state index in [1.165, 1.54) is 142 Å². The van der Waals surface area contributed by atoms with E-state index in [1.54, 1.807) is 0 Å². The summed E-state index contributed by atoms with van der Waals surface area (Å²) < 4.78 is 12.8. The first-order valence-electron chi connectivity index (χ1n) is 18.3. The molecule has 0 heterocycles. The predicted molar refractivity (Wildman–Crippen MR) is 185 cm³/mol. The second kappa shape index (κ2) is 26.4. The highest BCUT2D eigenvalue weighted by Gasteiger charge is 2.37. The van der Waals surface area contributed by atoms with Gasteiger partial charge in [-0.05, 0) is 174 Å². The Morgan fingerprint density at radius 1 is 0.439 bits per heavy atom. The van der Waals surface area contributed by atoms with Crippen LogP contribution >= 0.6 is 0 Å². The van der Waals surface area contributed by atoms with Crippen LogP contribution in [0.4, 0.5) is 0 Å². The lowest BCUT2D eigenvalue weighted by atomic mass is 9.73. The summed E-state index contributed by atoms with van der Waals surface area (Å²) in [7, 11) is -2.15. The Morgan fingerprint density at radius 3 is 0.976 bits per heavy atom. The van der Waals surface area contributed by atoms with E-state index in [-0.39, 0.29) is 0 Å². The molecule has 0 rings (SSSR count). The summed E-state index contributed by atoms with van der Waals surface area (Å²) in [6.45, 7) is 33.3. The third-order valence-corrected chi connectivity index (χ3v) is 11.7. The molecule has 248 valence electrons. The Balaban J connectivity index is 5.93. The third-order valence-electron chi connectivity index (χ3n) is 8.79. The van der Waals surface area contributed by atoms with Gasteiger partial charge in [0.15, 0.2) is 0 Å². The van der Waals surface area contributed by atoms with Crippen molar-refractivity contribution in [2.75, 3.05) is 72.1 Å². The van der Waals surface area contributed by atoms with Crippen LogP contribution < -0.4 is 0 Å². The topological polar surface area (TPSA) is 28.2 Å². The SMILES string of the molecule is CCCN(CCC)CCCC(CCCN(CCC)CCC)(CCCN(CCC)CCC)CC[Si](C)(OCC)OCC. The molecular weight excluding hydrogens is 522 g/mol. The number of nitrogens with zero attached hydrogens (tertiary/aromatic N) is 3. The van der Waals surface area contributed by atoms with Crippen LogP contribution in [0.3, 0.4) is 0 Å². The van der Waals surface area contributed by atoms with E-state index in [2.05, 4.69) is 76.6 Å². The lowest BCUT2D eigenvalue weighted by Gasteiger charge is -2.39. The summed E-state index contributed by atoms with van der Waals surface area (Å²) in [5, 5.41) is 0. The molecule has 0 bridgehead atoms. The fourth-order valence-electron chi connectivity index (χ4n) is 6.98. The van der Waals surface area contributed by atoms with Crippen molar-refractivity contribution in [3.8, 4) is 0 Å². The molecular formula is C35H77N3O2Si. The molecule has 0 atom stereocenters. The van der Waals surface area contributed by atoms with E-state index >= 15 is 0 Å². The molecule has 6 heteroatoms. The van der Waals surface area contributed by atoms with Crippen molar-refractivity contribution in [2.24, 2.45) is 5.41 Å². The second-order valence-corrected chi connectivity index (χ2v) is 16.2. The van der Waals surface area contributed by atoms with Crippen molar-refractivity contribution < 1.29 is 8.85 Å². The summed E-state index contributed by atoms with van der Waals surface area (Å²) in [4.78, 5) is 8.16. The largest absolute Gasteiger partial charge is 0.395 e. The van der Waals surface area contributed by atoms with Crippen LogP contribution in [0.1, 0.15) is 139 Å². The van der Waals surface area contributed by atoms with Gasteiger partial charge in [-0.2, -0.15) is 0 Å². The van der Waals surface area contributed by atoms with Gasteiger partial charge in [0.2, 0.25) is 0 Å². The van der Waals surface area contributed by atoms with Crippen molar-refractivity contribution in [3.05, 3.63) is 0 Å². The van der Waals surface area contributed by atoms with Gasteiger partial charge in [0, 0.05) is 13.2 Å². The first kappa shape index (κ1) is 41.0. The molecule has 0 aromatic heterocycles. The molecule has 0 aliphatic carbocycles. The van der Waals surface area contributed by atoms with Crippen LogP contribution in [-0.4, -0.2) is 95.4 Å². The Bertz CT molecular complexity index is 486. The molecule has 41 heavy (non-hydrogen) atoms. The second-order valence-electron chi connectivity index (χ2n) is 12.8.